The number of aliphatic hydroxyl groups is 1. The molecule has 0 saturated carbocycles. The van der Waals surface area contributed by atoms with Crippen LogP contribution in [-0.2, 0) is 32.7 Å². The molecule has 1 radical (unpaired) electrons. The van der Waals surface area contributed by atoms with E-state index in [0.717, 1.165) is 0 Å². The predicted molar refractivity (Wildman–Crippen MR) is 39.4 cm³/mol. The molecule has 0 amide bonds. The Hall–Kier alpha value is 1.15. The standard InChI is InChI=1S/C4H7O.C2H5S.Y/c1-4(2)3-5;1-3-2;/h1,5H,3H2,2H3;1H2,2H3;/q2*-1;. The van der Waals surface area contributed by atoms with E-state index in [0.29, 0.717) is 5.57 Å². The molecule has 0 aliphatic rings. The van der Waals surface area contributed by atoms with E-state index in [2.05, 4.69) is 6.26 Å². The second-order valence-corrected chi connectivity index (χ2v) is 1.87. The van der Waals surface area contributed by atoms with E-state index in [9.17, 15) is 0 Å². The van der Waals surface area contributed by atoms with Crippen molar-refractivity contribution >= 4 is 11.8 Å². The molecule has 0 aliphatic heterocycles. The summed E-state index contributed by atoms with van der Waals surface area (Å²) >= 11 is 1.50. The van der Waals surface area contributed by atoms with Gasteiger partial charge in [-0.25, -0.2) is 5.57 Å². The first-order valence-corrected chi connectivity index (χ1v) is 3.55. The van der Waals surface area contributed by atoms with Gasteiger partial charge in [0.25, 0.3) is 0 Å². The molecule has 0 aromatic carbocycles. The Morgan fingerprint density at radius 3 is 1.89 bits per heavy atom. The van der Waals surface area contributed by atoms with Crippen molar-refractivity contribution in [3.63, 3.8) is 0 Å². The Morgan fingerprint density at radius 1 is 1.78 bits per heavy atom. The molecule has 3 heteroatoms. The summed E-state index contributed by atoms with van der Waals surface area (Å²) in [4.78, 5) is 0. The van der Waals surface area contributed by atoms with Gasteiger partial charge in [0.2, 0.25) is 0 Å². The summed E-state index contributed by atoms with van der Waals surface area (Å²) < 4.78 is 0. The largest absolute Gasteiger partial charge is 0.513 e. The first kappa shape index (κ1) is 16.6. The number of hydrogen-bond donors (Lipinski definition) is 1. The minimum absolute atomic E-state index is 0. The van der Waals surface area contributed by atoms with Crippen LogP contribution in [0.3, 0.4) is 0 Å². The van der Waals surface area contributed by atoms with Crippen LogP contribution in [0, 0.1) is 12.8 Å². The topological polar surface area (TPSA) is 20.2 Å². The SMILES string of the molecule is [CH-]=C(C)CO.[CH2-]SC.[Y]. The molecule has 0 unspecified atom stereocenters. The fraction of sp³-hybridized carbons (Fsp3) is 0.500. The van der Waals surface area contributed by atoms with Crippen LogP contribution in [0.5, 0.6) is 0 Å². The first-order valence-electron chi connectivity index (χ1n) is 2.16. The maximum Gasteiger partial charge on any atom is 0.0320 e. The van der Waals surface area contributed by atoms with Gasteiger partial charge in [0, 0.05) is 39.3 Å². The Morgan fingerprint density at radius 2 is 1.89 bits per heavy atom. The quantitative estimate of drug-likeness (QED) is 0.677. The third-order valence-corrected chi connectivity index (χ3v) is 0.249. The molecule has 0 aromatic rings. The maximum atomic E-state index is 7.98. The van der Waals surface area contributed by atoms with Gasteiger partial charge in [-0.05, 0) is 6.26 Å². The van der Waals surface area contributed by atoms with Crippen molar-refractivity contribution in [1.29, 1.82) is 0 Å². The van der Waals surface area contributed by atoms with Gasteiger partial charge in [-0.1, -0.05) is 6.92 Å². The second-order valence-electron chi connectivity index (χ2n) is 1.29. The average molecular weight is 221 g/mol. The summed E-state index contributed by atoms with van der Waals surface area (Å²) in [6.07, 6.45) is 5.33. The predicted octanol–water partition coefficient (Wildman–Crippen LogP) is 1.50. The van der Waals surface area contributed by atoms with E-state index in [1.165, 1.54) is 11.8 Å². The summed E-state index contributed by atoms with van der Waals surface area (Å²) in [6.45, 7) is 6.62. The summed E-state index contributed by atoms with van der Waals surface area (Å²) in [7, 11) is 0. The third kappa shape index (κ3) is 47.1. The van der Waals surface area contributed by atoms with Gasteiger partial charge >= 0.3 is 0 Å². The Balaban J connectivity index is -0.0000000800. The van der Waals surface area contributed by atoms with Crippen LogP contribution in [0.1, 0.15) is 6.92 Å². The van der Waals surface area contributed by atoms with Crippen LogP contribution >= 0.6 is 11.8 Å². The Kier molecular flexibility index (Phi) is 29.7. The average Bonchev–Trinajstić information content (AvgIpc) is 1.69. The summed E-state index contributed by atoms with van der Waals surface area (Å²) in [5.41, 5.74) is 0.560. The molecule has 53 valence electrons. The molecule has 9 heavy (non-hydrogen) atoms. The van der Waals surface area contributed by atoms with Crippen molar-refractivity contribution in [2.75, 3.05) is 12.9 Å². The number of thioether (sulfide) groups is 1. The zero-order valence-corrected chi connectivity index (χ0v) is 9.58. The second kappa shape index (κ2) is 16.1. The van der Waals surface area contributed by atoms with Gasteiger partial charge in [-0.3, -0.25) is 6.26 Å². The van der Waals surface area contributed by atoms with Crippen molar-refractivity contribution in [2.45, 2.75) is 6.92 Å². The molecule has 0 rings (SSSR count). The van der Waals surface area contributed by atoms with Crippen molar-refractivity contribution < 1.29 is 37.8 Å². The van der Waals surface area contributed by atoms with Crippen molar-refractivity contribution in [3.05, 3.63) is 18.4 Å². The van der Waals surface area contributed by atoms with Gasteiger partial charge in [0.1, 0.15) is 0 Å². The van der Waals surface area contributed by atoms with Gasteiger partial charge in [-0.15, -0.1) is 0 Å². The fourth-order valence-corrected chi connectivity index (χ4v) is 0. The van der Waals surface area contributed by atoms with Crippen molar-refractivity contribution in [1.82, 2.24) is 0 Å². The molecule has 0 spiro atoms. The molecule has 0 atom stereocenters. The van der Waals surface area contributed by atoms with E-state index in [1.807, 2.05) is 6.26 Å². The Bertz CT molecular complexity index is 57.0. The first-order chi connectivity index (χ1) is 3.68. The summed E-state index contributed by atoms with van der Waals surface area (Å²) in [6, 6.07) is 0. The molecule has 0 bridgehead atoms. The molecular weight excluding hydrogens is 209 g/mol. The van der Waals surface area contributed by atoms with Gasteiger partial charge in [-0.2, -0.15) is 0 Å². The van der Waals surface area contributed by atoms with Crippen LogP contribution in [0.2, 0.25) is 0 Å². The molecule has 0 aliphatic carbocycles. The normalized spacial score (nSPS) is 6.22. The molecule has 0 saturated heterocycles. The van der Waals surface area contributed by atoms with Crippen molar-refractivity contribution in [3.8, 4) is 0 Å². The van der Waals surface area contributed by atoms with Crippen LogP contribution in [0.4, 0.5) is 0 Å². The van der Waals surface area contributed by atoms with E-state index < -0.39 is 0 Å². The molecular formula is C6H12OSY-2. The molecule has 0 aromatic heterocycles. The maximum absolute atomic E-state index is 7.98. The summed E-state index contributed by atoms with van der Waals surface area (Å²) in [5.74, 6) is 0. The van der Waals surface area contributed by atoms with E-state index in [-0.39, 0.29) is 39.3 Å². The van der Waals surface area contributed by atoms with Gasteiger partial charge in [0.05, 0.1) is 0 Å². The van der Waals surface area contributed by atoms with Crippen LogP contribution in [0.15, 0.2) is 5.57 Å². The number of hydrogen-bond acceptors (Lipinski definition) is 2. The summed E-state index contributed by atoms with van der Waals surface area (Å²) in [5, 5.41) is 7.98. The zero-order chi connectivity index (χ0) is 6.99. The minimum Gasteiger partial charge on any atom is -0.513 e. The van der Waals surface area contributed by atoms with E-state index in [4.69, 9.17) is 11.7 Å². The van der Waals surface area contributed by atoms with Crippen LogP contribution in [-0.4, -0.2) is 18.0 Å². The monoisotopic (exact) mass is 221 g/mol. The molecule has 1 nitrogen and oxygen atoms in total. The fourth-order valence-electron chi connectivity index (χ4n) is 0. The van der Waals surface area contributed by atoms with Crippen molar-refractivity contribution in [2.24, 2.45) is 0 Å². The molecule has 0 heterocycles. The smallest absolute Gasteiger partial charge is 0.0320 e. The van der Waals surface area contributed by atoms with Gasteiger partial charge < -0.3 is 23.4 Å². The Labute approximate surface area is 87.2 Å². The van der Waals surface area contributed by atoms with Gasteiger partial charge in [0.15, 0.2) is 0 Å². The number of aliphatic hydroxyl groups excluding tert-OH is 1. The molecule has 1 N–H and O–H groups in total. The third-order valence-electron chi connectivity index (χ3n) is 0.249. The van der Waals surface area contributed by atoms with E-state index in [1.54, 1.807) is 6.92 Å². The van der Waals surface area contributed by atoms with Crippen LogP contribution in [0.25, 0.3) is 0 Å². The van der Waals surface area contributed by atoms with Crippen LogP contribution < -0.4 is 0 Å². The molecule has 0 fully saturated rings. The van der Waals surface area contributed by atoms with E-state index >= 15 is 0 Å². The number of rotatable bonds is 1. The minimum atomic E-state index is 0. The zero-order valence-electron chi connectivity index (χ0n) is 5.92.